The van der Waals surface area contributed by atoms with Crippen LogP contribution < -0.4 is 5.32 Å². The average Bonchev–Trinajstić information content (AvgIpc) is 2.87. The van der Waals surface area contributed by atoms with E-state index in [1.54, 1.807) is 0 Å². The Bertz CT molecular complexity index is 338. The molecule has 1 aromatic carbocycles. The molecule has 1 N–H and O–H groups in total. The first-order chi connectivity index (χ1) is 8.83. The first-order valence-corrected chi connectivity index (χ1v) is 7.17. The van der Waals surface area contributed by atoms with E-state index in [0.717, 1.165) is 6.42 Å². The molecule has 100 valence electrons. The molecule has 1 fully saturated rings. The zero-order valence-corrected chi connectivity index (χ0v) is 11.6. The summed E-state index contributed by atoms with van der Waals surface area (Å²) >= 11 is 0. The molecule has 0 radical (unpaired) electrons. The van der Waals surface area contributed by atoms with Crippen LogP contribution in [0.1, 0.15) is 50.6 Å². The van der Waals surface area contributed by atoms with E-state index in [2.05, 4.69) is 42.6 Å². The predicted octanol–water partition coefficient (Wildman–Crippen LogP) is 3.68. The zero-order valence-electron chi connectivity index (χ0n) is 11.6. The standard InChI is InChI=1S/C16H25NO/c1-3-7-16(13-8-5-4-6-9-13)17-14-10-11-15(12-14)18-2/h4-6,8-9,14-17H,3,7,10-12H2,1-2H3. The maximum absolute atomic E-state index is 5.45. The van der Waals surface area contributed by atoms with Crippen LogP contribution in [0.5, 0.6) is 0 Å². The van der Waals surface area contributed by atoms with Gasteiger partial charge in [0.15, 0.2) is 0 Å². The summed E-state index contributed by atoms with van der Waals surface area (Å²) in [5, 5.41) is 3.82. The Morgan fingerprint density at radius 3 is 2.67 bits per heavy atom. The van der Waals surface area contributed by atoms with Crippen molar-refractivity contribution in [2.24, 2.45) is 0 Å². The number of hydrogen-bond acceptors (Lipinski definition) is 2. The highest BCUT2D eigenvalue weighted by molar-refractivity contribution is 5.19. The Balaban J connectivity index is 1.95. The van der Waals surface area contributed by atoms with Gasteiger partial charge in [0.05, 0.1) is 6.10 Å². The zero-order chi connectivity index (χ0) is 12.8. The van der Waals surface area contributed by atoms with Gasteiger partial charge in [-0.1, -0.05) is 43.7 Å². The van der Waals surface area contributed by atoms with E-state index in [0.29, 0.717) is 18.2 Å². The lowest BCUT2D eigenvalue weighted by Gasteiger charge is -2.23. The van der Waals surface area contributed by atoms with Crippen LogP contribution in [0.15, 0.2) is 30.3 Å². The Morgan fingerprint density at radius 2 is 2.06 bits per heavy atom. The molecular formula is C16H25NO. The van der Waals surface area contributed by atoms with Gasteiger partial charge in [-0.3, -0.25) is 0 Å². The Labute approximate surface area is 111 Å². The maximum Gasteiger partial charge on any atom is 0.0586 e. The first kappa shape index (κ1) is 13.6. The number of hydrogen-bond donors (Lipinski definition) is 1. The van der Waals surface area contributed by atoms with Crippen LogP contribution in [0.4, 0.5) is 0 Å². The lowest BCUT2D eigenvalue weighted by atomic mass is 10.0. The topological polar surface area (TPSA) is 21.3 Å². The lowest BCUT2D eigenvalue weighted by molar-refractivity contribution is 0.106. The molecule has 1 aromatic rings. The second-order valence-electron chi connectivity index (χ2n) is 5.29. The fourth-order valence-corrected chi connectivity index (χ4v) is 2.91. The molecule has 0 aromatic heterocycles. The molecule has 0 spiro atoms. The summed E-state index contributed by atoms with van der Waals surface area (Å²) in [4.78, 5) is 0. The van der Waals surface area contributed by atoms with E-state index in [1.165, 1.54) is 31.2 Å². The summed E-state index contributed by atoms with van der Waals surface area (Å²) in [5.74, 6) is 0. The monoisotopic (exact) mass is 247 g/mol. The number of methoxy groups -OCH3 is 1. The van der Waals surface area contributed by atoms with E-state index in [4.69, 9.17) is 4.74 Å². The Morgan fingerprint density at radius 1 is 1.28 bits per heavy atom. The lowest BCUT2D eigenvalue weighted by Crippen LogP contribution is -2.31. The molecule has 1 saturated carbocycles. The summed E-state index contributed by atoms with van der Waals surface area (Å²) in [6.45, 7) is 2.25. The summed E-state index contributed by atoms with van der Waals surface area (Å²) in [6.07, 6.45) is 6.47. The van der Waals surface area contributed by atoms with E-state index in [9.17, 15) is 0 Å². The van der Waals surface area contributed by atoms with Crippen molar-refractivity contribution in [2.75, 3.05) is 7.11 Å². The molecule has 2 rings (SSSR count). The van der Waals surface area contributed by atoms with Gasteiger partial charge >= 0.3 is 0 Å². The number of ether oxygens (including phenoxy) is 1. The Hall–Kier alpha value is -0.860. The van der Waals surface area contributed by atoms with Gasteiger partial charge in [0.25, 0.3) is 0 Å². The predicted molar refractivity (Wildman–Crippen MR) is 75.7 cm³/mol. The van der Waals surface area contributed by atoms with Gasteiger partial charge in [-0.2, -0.15) is 0 Å². The van der Waals surface area contributed by atoms with E-state index < -0.39 is 0 Å². The number of rotatable bonds is 6. The number of nitrogens with one attached hydrogen (secondary N) is 1. The smallest absolute Gasteiger partial charge is 0.0586 e. The molecule has 1 aliphatic carbocycles. The minimum Gasteiger partial charge on any atom is -0.381 e. The van der Waals surface area contributed by atoms with Crippen molar-refractivity contribution in [3.8, 4) is 0 Å². The fraction of sp³-hybridized carbons (Fsp3) is 0.625. The summed E-state index contributed by atoms with van der Waals surface area (Å²) in [7, 11) is 1.83. The maximum atomic E-state index is 5.45. The quantitative estimate of drug-likeness (QED) is 0.828. The van der Waals surface area contributed by atoms with Crippen molar-refractivity contribution >= 4 is 0 Å². The molecule has 1 aliphatic rings. The van der Waals surface area contributed by atoms with Crippen molar-refractivity contribution in [3.05, 3.63) is 35.9 Å². The van der Waals surface area contributed by atoms with Gasteiger partial charge in [-0.15, -0.1) is 0 Å². The van der Waals surface area contributed by atoms with E-state index >= 15 is 0 Å². The molecule has 0 aliphatic heterocycles. The average molecular weight is 247 g/mol. The third kappa shape index (κ3) is 3.56. The molecule has 0 saturated heterocycles. The molecule has 3 unspecified atom stereocenters. The molecule has 0 heterocycles. The van der Waals surface area contributed by atoms with Crippen LogP contribution in [0.25, 0.3) is 0 Å². The van der Waals surface area contributed by atoms with Gasteiger partial charge < -0.3 is 10.1 Å². The van der Waals surface area contributed by atoms with Crippen LogP contribution in [0, 0.1) is 0 Å². The molecule has 2 heteroatoms. The second kappa shape index (κ2) is 6.91. The van der Waals surface area contributed by atoms with Crippen LogP contribution in [0.2, 0.25) is 0 Å². The molecule has 0 bridgehead atoms. The molecule has 3 atom stereocenters. The van der Waals surface area contributed by atoms with Gasteiger partial charge in [-0.25, -0.2) is 0 Å². The van der Waals surface area contributed by atoms with Crippen LogP contribution in [0.3, 0.4) is 0 Å². The number of benzene rings is 1. The van der Waals surface area contributed by atoms with Crippen LogP contribution in [-0.4, -0.2) is 19.3 Å². The summed E-state index contributed by atoms with van der Waals surface area (Å²) in [6, 6.07) is 11.9. The highest BCUT2D eigenvalue weighted by Crippen LogP contribution is 2.26. The molecule has 18 heavy (non-hydrogen) atoms. The largest absolute Gasteiger partial charge is 0.381 e. The minimum absolute atomic E-state index is 0.459. The van der Waals surface area contributed by atoms with E-state index in [-0.39, 0.29) is 0 Å². The SMILES string of the molecule is CCCC(NC1CCC(OC)C1)c1ccccc1. The van der Waals surface area contributed by atoms with Gasteiger partial charge in [0.1, 0.15) is 0 Å². The minimum atomic E-state index is 0.459. The van der Waals surface area contributed by atoms with Crippen LogP contribution in [-0.2, 0) is 4.74 Å². The highest BCUT2D eigenvalue weighted by atomic mass is 16.5. The normalized spacial score (nSPS) is 25.2. The van der Waals surface area contributed by atoms with Gasteiger partial charge in [0.2, 0.25) is 0 Å². The van der Waals surface area contributed by atoms with Gasteiger partial charge in [0, 0.05) is 19.2 Å². The molecule has 0 amide bonds. The van der Waals surface area contributed by atoms with E-state index in [1.807, 2.05) is 7.11 Å². The summed E-state index contributed by atoms with van der Waals surface area (Å²) in [5.41, 5.74) is 1.42. The van der Waals surface area contributed by atoms with Crippen molar-refractivity contribution in [1.82, 2.24) is 5.32 Å². The molecular weight excluding hydrogens is 222 g/mol. The fourth-order valence-electron chi connectivity index (χ4n) is 2.91. The Kier molecular flexibility index (Phi) is 5.21. The molecule has 2 nitrogen and oxygen atoms in total. The highest BCUT2D eigenvalue weighted by Gasteiger charge is 2.26. The van der Waals surface area contributed by atoms with Crippen molar-refractivity contribution in [2.45, 2.75) is 57.2 Å². The van der Waals surface area contributed by atoms with Crippen molar-refractivity contribution < 1.29 is 4.74 Å². The third-order valence-corrected chi connectivity index (χ3v) is 3.93. The third-order valence-electron chi connectivity index (χ3n) is 3.93. The van der Waals surface area contributed by atoms with Crippen molar-refractivity contribution in [3.63, 3.8) is 0 Å². The second-order valence-corrected chi connectivity index (χ2v) is 5.29. The van der Waals surface area contributed by atoms with Crippen molar-refractivity contribution in [1.29, 1.82) is 0 Å². The first-order valence-electron chi connectivity index (χ1n) is 7.17. The van der Waals surface area contributed by atoms with Crippen LogP contribution >= 0.6 is 0 Å². The van der Waals surface area contributed by atoms with Gasteiger partial charge in [-0.05, 0) is 31.2 Å². The summed E-state index contributed by atoms with van der Waals surface area (Å²) < 4.78 is 5.45.